The Hall–Kier alpha value is -4.56. The minimum atomic E-state index is -0.930. The second-order valence-corrected chi connectivity index (χ2v) is 11.5. The van der Waals surface area contributed by atoms with Gasteiger partial charge in [-0.15, -0.1) is 11.3 Å². The number of aromatic amines is 1. The molecule has 0 spiro atoms. The Morgan fingerprint density at radius 3 is 2.78 bits per heavy atom. The predicted octanol–water partition coefficient (Wildman–Crippen LogP) is 7.88. The van der Waals surface area contributed by atoms with Crippen molar-refractivity contribution < 1.29 is 19.0 Å². The first kappa shape index (κ1) is 25.4. The van der Waals surface area contributed by atoms with Gasteiger partial charge in [0.25, 0.3) is 0 Å². The van der Waals surface area contributed by atoms with Crippen molar-refractivity contribution in [2.75, 3.05) is 6.61 Å². The van der Waals surface area contributed by atoms with Crippen LogP contribution in [0.3, 0.4) is 0 Å². The molecule has 6 nitrogen and oxygen atoms in total. The number of H-pyrrole nitrogens is 1. The van der Waals surface area contributed by atoms with Gasteiger partial charge < -0.3 is 9.84 Å². The maximum atomic E-state index is 15.4. The highest BCUT2D eigenvalue weighted by atomic mass is 32.1. The monoisotopic (exact) mass is 563 g/mol. The third-order valence-electron chi connectivity index (χ3n) is 7.93. The van der Waals surface area contributed by atoms with Crippen LogP contribution in [-0.4, -0.2) is 32.9 Å². The van der Waals surface area contributed by atoms with Gasteiger partial charge in [-0.05, 0) is 90.4 Å². The molecule has 6 aromatic rings. The number of hydrogen-bond acceptors (Lipinski definition) is 5. The molecule has 0 amide bonds. The lowest BCUT2D eigenvalue weighted by Gasteiger charge is -2.23. The Kier molecular flexibility index (Phi) is 6.08. The molecule has 0 fully saturated rings. The lowest BCUT2D eigenvalue weighted by Crippen LogP contribution is -2.13. The molecule has 8 heteroatoms. The van der Waals surface area contributed by atoms with E-state index in [1.807, 2.05) is 44.3 Å². The first-order chi connectivity index (χ1) is 19.9. The van der Waals surface area contributed by atoms with E-state index in [4.69, 9.17) is 9.72 Å². The number of fused-ring (bicyclic) bond motifs is 3. The van der Waals surface area contributed by atoms with Gasteiger partial charge in [0.05, 0.1) is 35.0 Å². The Morgan fingerprint density at radius 1 is 1.10 bits per heavy atom. The molecule has 7 rings (SSSR count). The summed E-state index contributed by atoms with van der Waals surface area (Å²) < 4.78 is 21.9. The molecule has 4 aromatic carbocycles. The van der Waals surface area contributed by atoms with E-state index < -0.39 is 11.8 Å². The van der Waals surface area contributed by atoms with E-state index in [0.717, 1.165) is 77.9 Å². The Bertz CT molecular complexity index is 2010. The van der Waals surface area contributed by atoms with Gasteiger partial charge in [0.15, 0.2) is 11.6 Å². The zero-order valence-corrected chi connectivity index (χ0v) is 23.4. The Balaban J connectivity index is 1.42. The first-order valence-electron chi connectivity index (χ1n) is 13.5. The van der Waals surface area contributed by atoms with Crippen molar-refractivity contribution >= 4 is 38.4 Å². The topological polar surface area (TPSA) is 88.1 Å². The summed E-state index contributed by atoms with van der Waals surface area (Å²) in [5, 5.41) is 18.8. The number of nitrogens with one attached hydrogen (secondary N) is 1. The van der Waals surface area contributed by atoms with Crippen molar-refractivity contribution in [2.45, 2.75) is 33.1 Å². The number of aromatic nitrogens is 3. The third kappa shape index (κ3) is 4.35. The van der Waals surface area contributed by atoms with Gasteiger partial charge in [0.1, 0.15) is 5.01 Å². The highest BCUT2D eigenvalue weighted by Gasteiger charge is 2.26. The van der Waals surface area contributed by atoms with E-state index in [-0.39, 0.29) is 6.42 Å². The van der Waals surface area contributed by atoms with Crippen LogP contribution < -0.4 is 4.74 Å². The van der Waals surface area contributed by atoms with Crippen molar-refractivity contribution in [1.29, 1.82) is 0 Å². The molecule has 0 saturated carbocycles. The van der Waals surface area contributed by atoms with Gasteiger partial charge in [0.2, 0.25) is 0 Å². The molecule has 41 heavy (non-hydrogen) atoms. The molecule has 1 aliphatic rings. The van der Waals surface area contributed by atoms with Gasteiger partial charge in [0, 0.05) is 22.1 Å². The summed E-state index contributed by atoms with van der Waals surface area (Å²) in [5.41, 5.74) is 9.57. The second kappa shape index (κ2) is 9.82. The van der Waals surface area contributed by atoms with Gasteiger partial charge in [-0.25, -0.2) is 9.37 Å². The lowest BCUT2D eigenvalue weighted by molar-refractivity contribution is -0.136. The van der Waals surface area contributed by atoms with Crippen LogP contribution >= 0.6 is 11.3 Å². The van der Waals surface area contributed by atoms with Gasteiger partial charge in [-0.3, -0.25) is 9.89 Å². The molecule has 0 saturated heterocycles. The highest BCUT2D eigenvalue weighted by molar-refractivity contribution is 7.22. The number of benzene rings is 4. The summed E-state index contributed by atoms with van der Waals surface area (Å²) in [6.07, 6.45) is 3.19. The van der Waals surface area contributed by atoms with Crippen LogP contribution in [0.15, 0.2) is 60.8 Å². The second-order valence-electron chi connectivity index (χ2n) is 10.5. The van der Waals surface area contributed by atoms with E-state index in [2.05, 4.69) is 34.5 Å². The predicted molar refractivity (Wildman–Crippen MR) is 160 cm³/mol. The number of nitrogens with zero attached hydrogens (tertiary/aromatic N) is 2. The van der Waals surface area contributed by atoms with E-state index in [0.29, 0.717) is 23.5 Å². The highest BCUT2D eigenvalue weighted by Crippen LogP contribution is 2.45. The number of thiazole rings is 1. The van der Waals surface area contributed by atoms with Crippen LogP contribution in [0.4, 0.5) is 4.39 Å². The fourth-order valence-electron chi connectivity index (χ4n) is 5.89. The molecule has 1 aliphatic heterocycles. The van der Waals surface area contributed by atoms with Crippen LogP contribution in [0.1, 0.15) is 28.7 Å². The van der Waals surface area contributed by atoms with E-state index in [9.17, 15) is 9.90 Å². The molecule has 0 aliphatic carbocycles. The number of halogens is 1. The lowest BCUT2D eigenvalue weighted by atomic mass is 9.87. The molecular weight excluding hydrogens is 537 g/mol. The number of carboxylic acid groups (broad SMARTS) is 1. The molecule has 3 heterocycles. The maximum Gasteiger partial charge on any atom is 0.307 e. The number of rotatable bonds is 5. The largest absolute Gasteiger partial charge is 0.490 e. The summed E-state index contributed by atoms with van der Waals surface area (Å²) in [5.74, 6) is -1.03. The summed E-state index contributed by atoms with van der Waals surface area (Å²) >= 11 is 1.51. The number of ether oxygens (including phenoxy) is 1. The van der Waals surface area contributed by atoms with Gasteiger partial charge in [-0.2, -0.15) is 5.10 Å². The van der Waals surface area contributed by atoms with E-state index in [1.165, 1.54) is 17.4 Å². The molecule has 204 valence electrons. The van der Waals surface area contributed by atoms with Crippen molar-refractivity contribution in [3.05, 3.63) is 88.9 Å². The molecule has 2 aromatic heterocycles. The summed E-state index contributed by atoms with van der Waals surface area (Å²) in [6, 6.07) is 17.9. The number of aliphatic carboxylic acids is 1. The molecule has 0 bridgehead atoms. The number of carbonyl (C=O) groups is 1. The van der Waals surface area contributed by atoms with E-state index >= 15 is 4.39 Å². The average Bonchev–Trinajstić information content (AvgIpc) is 3.62. The van der Waals surface area contributed by atoms with Crippen molar-refractivity contribution in [3.63, 3.8) is 0 Å². The molecule has 0 unspecified atom stereocenters. The van der Waals surface area contributed by atoms with Gasteiger partial charge in [-0.1, -0.05) is 24.3 Å². The van der Waals surface area contributed by atoms with E-state index in [1.54, 1.807) is 0 Å². The number of carboxylic acids is 1. The zero-order chi connectivity index (χ0) is 28.2. The quantitative estimate of drug-likeness (QED) is 0.223. The molecule has 0 atom stereocenters. The number of aryl methyl sites for hydroxylation is 1. The van der Waals surface area contributed by atoms with Crippen LogP contribution in [-0.2, 0) is 17.6 Å². The summed E-state index contributed by atoms with van der Waals surface area (Å²) in [4.78, 5) is 17.0. The normalized spacial score (nSPS) is 13.0. The van der Waals surface area contributed by atoms with Crippen LogP contribution in [0.5, 0.6) is 5.75 Å². The average molecular weight is 564 g/mol. The van der Waals surface area contributed by atoms with Crippen molar-refractivity contribution in [1.82, 2.24) is 15.2 Å². The fraction of sp³-hybridized carbons (Fsp3) is 0.182. The SMILES string of the molecule is Cc1cc2nc(-c3cccc(-c4ccc5[nH]ncc5c4)c3)sc2c(-c2cc(F)c3c(c2C)CCCO3)c1CC(=O)O. The van der Waals surface area contributed by atoms with Crippen molar-refractivity contribution in [3.8, 4) is 38.6 Å². The molecule has 0 radical (unpaired) electrons. The first-order valence-corrected chi connectivity index (χ1v) is 14.3. The standard InChI is InChI=1S/C33H26FN3O3S/c1-17-11-28-32(30(24(17)15-29(38)39)25-14-26(34)31-23(18(25)2)7-4-10-40-31)41-33(36-28)21-6-3-5-19(12-21)20-8-9-27-22(13-20)16-35-37-27/h3,5-6,8-9,11-14,16H,4,7,10,15H2,1-2H3,(H,35,37)(H,38,39). The summed E-state index contributed by atoms with van der Waals surface area (Å²) in [7, 11) is 0. The minimum absolute atomic E-state index is 0.162. The Labute approximate surface area is 239 Å². The maximum absolute atomic E-state index is 15.4. The third-order valence-corrected chi connectivity index (χ3v) is 9.07. The molecular formula is C33H26FN3O3S. The smallest absolute Gasteiger partial charge is 0.307 e. The van der Waals surface area contributed by atoms with Crippen LogP contribution in [0.25, 0.3) is 53.9 Å². The fourth-order valence-corrected chi connectivity index (χ4v) is 7.02. The molecule has 2 N–H and O–H groups in total. The van der Waals surface area contributed by atoms with Gasteiger partial charge >= 0.3 is 5.97 Å². The zero-order valence-electron chi connectivity index (χ0n) is 22.5. The minimum Gasteiger partial charge on any atom is -0.490 e. The van der Waals surface area contributed by atoms with Crippen molar-refractivity contribution in [2.24, 2.45) is 0 Å². The van der Waals surface area contributed by atoms with Crippen LogP contribution in [0.2, 0.25) is 0 Å². The summed E-state index contributed by atoms with van der Waals surface area (Å²) in [6.45, 7) is 4.37. The van der Waals surface area contributed by atoms with Crippen LogP contribution in [0, 0.1) is 19.7 Å². The Morgan fingerprint density at radius 2 is 1.93 bits per heavy atom. The number of hydrogen-bond donors (Lipinski definition) is 2.